The van der Waals surface area contributed by atoms with Crippen molar-refractivity contribution in [2.45, 2.75) is 25.2 Å². The summed E-state index contributed by atoms with van der Waals surface area (Å²) in [5.74, 6) is 0.610. The Balaban J connectivity index is 2.33. The van der Waals surface area contributed by atoms with Crippen LogP contribution in [-0.2, 0) is 5.41 Å². The van der Waals surface area contributed by atoms with E-state index in [-0.39, 0.29) is 0 Å². The predicted molar refractivity (Wildman–Crippen MR) is 62.7 cm³/mol. The van der Waals surface area contributed by atoms with Gasteiger partial charge in [0.05, 0.1) is 5.52 Å². The molecule has 0 amide bonds. The van der Waals surface area contributed by atoms with Gasteiger partial charge in [0.15, 0.2) is 0 Å². The topological polar surface area (TPSA) is 38.9 Å². The molecule has 1 aliphatic carbocycles. The van der Waals surface area contributed by atoms with E-state index >= 15 is 0 Å². The third-order valence-corrected chi connectivity index (χ3v) is 3.39. The summed E-state index contributed by atoms with van der Waals surface area (Å²) < 4.78 is 0. The number of aromatic nitrogens is 1. The van der Waals surface area contributed by atoms with Crippen molar-refractivity contribution < 1.29 is 0 Å². The van der Waals surface area contributed by atoms with E-state index in [1.54, 1.807) is 0 Å². The molecule has 1 aromatic heterocycles. The first-order chi connectivity index (χ1) is 7.19. The summed E-state index contributed by atoms with van der Waals surface area (Å²) in [6.45, 7) is 2.30. The minimum Gasteiger partial charge on any atom is -0.384 e. The maximum Gasteiger partial charge on any atom is 0.124 e. The van der Waals surface area contributed by atoms with Crippen molar-refractivity contribution >= 4 is 16.7 Å². The number of para-hydroxylation sites is 1. The van der Waals surface area contributed by atoms with Gasteiger partial charge in [-0.2, -0.15) is 0 Å². The molecule has 0 saturated heterocycles. The maximum atomic E-state index is 5.75. The minimum atomic E-state index is 0.348. The van der Waals surface area contributed by atoms with Crippen molar-refractivity contribution in [3.8, 4) is 0 Å². The maximum absolute atomic E-state index is 5.75. The number of hydrogen-bond acceptors (Lipinski definition) is 2. The lowest BCUT2D eigenvalue weighted by Crippen LogP contribution is -2.02. The number of nitrogens with zero attached hydrogens (tertiary/aromatic N) is 1. The van der Waals surface area contributed by atoms with E-state index in [4.69, 9.17) is 5.73 Å². The first kappa shape index (κ1) is 8.72. The summed E-state index contributed by atoms with van der Waals surface area (Å²) in [7, 11) is 0. The van der Waals surface area contributed by atoms with E-state index in [1.165, 1.54) is 23.8 Å². The molecule has 3 rings (SSSR count). The van der Waals surface area contributed by atoms with Gasteiger partial charge in [0.25, 0.3) is 0 Å². The van der Waals surface area contributed by atoms with Crippen LogP contribution in [0.3, 0.4) is 0 Å². The Morgan fingerprint density at radius 1 is 1.20 bits per heavy atom. The van der Waals surface area contributed by atoms with E-state index in [0.29, 0.717) is 11.2 Å². The van der Waals surface area contributed by atoms with Crippen LogP contribution in [0.15, 0.2) is 30.3 Å². The number of hydrogen-bond donors (Lipinski definition) is 1. The molecule has 0 aliphatic heterocycles. The molecule has 0 spiro atoms. The molecule has 0 bridgehead atoms. The van der Waals surface area contributed by atoms with Gasteiger partial charge in [-0.05, 0) is 36.0 Å². The van der Waals surface area contributed by atoms with Crippen LogP contribution in [0.1, 0.15) is 25.3 Å². The second kappa shape index (κ2) is 2.72. The lowest BCUT2D eigenvalue weighted by molar-refractivity contribution is 0.794. The van der Waals surface area contributed by atoms with Gasteiger partial charge in [0.2, 0.25) is 0 Å². The normalized spacial score (nSPS) is 17.9. The number of fused-ring (bicyclic) bond motifs is 1. The fourth-order valence-electron chi connectivity index (χ4n) is 2.11. The Morgan fingerprint density at radius 3 is 2.73 bits per heavy atom. The number of nitrogens with two attached hydrogens (primary N) is 1. The van der Waals surface area contributed by atoms with Crippen molar-refractivity contribution in [3.05, 3.63) is 35.9 Å². The lowest BCUT2D eigenvalue weighted by Gasteiger charge is -2.11. The first-order valence-corrected chi connectivity index (χ1v) is 5.35. The highest BCUT2D eigenvalue weighted by molar-refractivity contribution is 5.84. The van der Waals surface area contributed by atoms with Crippen molar-refractivity contribution in [1.82, 2.24) is 4.98 Å². The van der Waals surface area contributed by atoms with Gasteiger partial charge in [-0.1, -0.05) is 25.1 Å². The molecule has 0 atom stereocenters. The molecule has 2 aromatic rings. The standard InChI is InChI=1S/C13H14N2/c1-13(7-8-13)10-4-2-3-9-5-6-11(14)15-12(9)10/h2-6H,7-8H2,1H3,(H2,14,15). The van der Waals surface area contributed by atoms with Gasteiger partial charge in [0.1, 0.15) is 5.82 Å². The SMILES string of the molecule is CC1(c2cccc3ccc(N)nc23)CC1. The summed E-state index contributed by atoms with van der Waals surface area (Å²) in [6.07, 6.45) is 2.53. The third-order valence-electron chi connectivity index (χ3n) is 3.39. The van der Waals surface area contributed by atoms with E-state index in [1.807, 2.05) is 12.1 Å². The van der Waals surface area contributed by atoms with Gasteiger partial charge in [-0.25, -0.2) is 4.98 Å². The van der Waals surface area contributed by atoms with Crippen LogP contribution in [0.4, 0.5) is 5.82 Å². The van der Waals surface area contributed by atoms with Crippen molar-refractivity contribution in [2.75, 3.05) is 5.73 Å². The second-order valence-electron chi connectivity index (χ2n) is 4.67. The summed E-state index contributed by atoms with van der Waals surface area (Å²) in [6, 6.07) is 10.3. The smallest absolute Gasteiger partial charge is 0.124 e. The molecule has 1 saturated carbocycles. The van der Waals surface area contributed by atoms with Crippen LogP contribution in [0, 0.1) is 0 Å². The zero-order chi connectivity index (χ0) is 10.5. The summed E-state index contributed by atoms with van der Waals surface area (Å²) in [4.78, 5) is 4.46. The van der Waals surface area contributed by atoms with Crippen LogP contribution < -0.4 is 5.73 Å². The molecule has 2 N–H and O–H groups in total. The Kier molecular flexibility index (Phi) is 1.58. The zero-order valence-corrected chi connectivity index (χ0v) is 8.83. The van der Waals surface area contributed by atoms with Gasteiger partial charge < -0.3 is 5.73 Å². The number of anilines is 1. The highest BCUT2D eigenvalue weighted by Crippen LogP contribution is 2.49. The zero-order valence-electron chi connectivity index (χ0n) is 8.83. The van der Waals surface area contributed by atoms with E-state index in [9.17, 15) is 0 Å². The molecule has 1 aromatic carbocycles. The van der Waals surface area contributed by atoms with Crippen LogP contribution in [0.5, 0.6) is 0 Å². The van der Waals surface area contributed by atoms with E-state index in [2.05, 4.69) is 30.1 Å². The summed E-state index contributed by atoms with van der Waals surface area (Å²) >= 11 is 0. The summed E-state index contributed by atoms with van der Waals surface area (Å²) in [5, 5.41) is 1.19. The van der Waals surface area contributed by atoms with Gasteiger partial charge in [-0.3, -0.25) is 0 Å². The molecule has 2 heteroatoms. The van der Waals surface area contributed by atoms with Crippen molar-refractivity contribution in [1.29, 1.82) is 0 Å². The van der Waals surface area contributed by atoms with Crippen molar-refractivity contribution in [2.24, 2.45) is 0 Å². The van der Waals surface area contributed by atoms with Gasteiger partial charge in [0, 0.05) is 5.39 Å². The van der Waals surface area contributed by atoms with Crippen LogP contribution in [-0.4, -0.2) is 4.98 Å². The molecule has 0 unspecified atom stereocenters. The Hall–Kier alpha value is -1.57. The van der Waals surface area contributed by atoms with Gasteiger partial charge in [-0.15, -0.1) is 0 Å². The van der Waals surface area contributed by atoms with E-state index in [0.717, 1.165) is 5.52 Å². The largest absolute Gasteiger partial charge is 0.384 e. The van der Waals surface area contributed by atoms with Crippen LogP contribution >= 0.6 is 0 Å². The quantitative estimate of drug-likeness (QED) is 0.765. The number of benzene rings is 1. The average Bonchev–Trinajstić information content (AvgIpc) is 2.96. The first-order valence-electron chi connectivity index (χ1n) is 5.35. The number of rotatable bonds is 1. The highest BCUT2D eigenvalue weighted by atomic mass is 14.8. The summed E-state index contributed by atoms with van der Waals surface area (Å²) in [5.41, 5.74) is 8.53. The third kappa shape index (κ3) is 1.29. The molecule has 76 valence electrons. The van der Waals surface area contributed by atoms with Crippen LogP contribution in [0.2, 0.25) is 0 Å². The Labute approximate surface area is 89.1 Å². The highest BCUT2D eigenvalue weighted by Gasteiger charge is 2.40. The molecule has 1 fully saturated rings. The number of pyridine rings is 1. The second-order valence-corrected chi connectivity index (χ2v) is 4.67. The fourth-order valence-corrected chi connectivity index (χ4v) is 2.11. The monoisotopic (exact) mass is 198 g/mol. The predicted octanol–water partition coefficient (Wildman–Crippen LogP) is 2.87. The fraction of sp³-hybridized carbons (Fsp3) is 0.308. The Bertz CT molecular complexity index is 527. The lowest BCUT2D eigenvalue weighted by atomic mass is 9.95. The molecular weight excluding hydrogens is 184 g/mol. The average molecular weight is 198 g/mol. The van der Waals surface area contributed by atoms with E-state index < -0.39 is 0 Å². The minimum absolute atomic E-state index is 0.348. The molecule has 0 radical (unpaired) electrons. The molecule has 15 heavy (non-hydrogen) atoms. The van der Waals surface area contributed by atoms with Gasteiger partial charge >= 0.3 is 0 Å². The molecular formula is C13H14N2. The Morgan fingerprint density at radius 2 is 2.00 bits per heavy atom. The van der Waals surface area contributed by atoms with Crippen molar-refractivity contribution in [3.63, 3.8) is 0 Å². The molecule has 1 aliphatic rings. The number of nitrogen functional groups attached to an aromatic ring is 1. The molecule has 1 heterocycles. The molecule has 2 nitrogen and oxygen atoms in total. The van der Waals surface area contributed by atoms with Crippen LogP contribution in [0.25, 0.3) is 10.9 Å².